The molecule has 1 atom stereocenters. The molecule has 9 nitrogen and oxygen atoms in total. The van der Waals surface area contributed by atoms with E-state index >= 15 is 0 Å². The SMILES string of the molecule is COc1ccc2ncc(-c3cncc(NC4CCCN(C(=O)OC(C)(C)C)C4)n3)n2c1. The molecule has 1 N–H and O–H groups in total. The van der Waals surface area contributed by atoms with Crippen molar-refractivity contribution >= 4 is 17.6 Å². The summed E-state index contributed by atoms with van der Waals surface area (Å²) in [6, 6.07) is 3.84. The number of hydrogen-bond acceptors (Lipinski definition) is 7. The standard InChI is InChI=1S/C22H28N6O3/c1-22(2,3)31-21(29)27-9-5-6-15(13-27)25-19-12-23-10-17(26-19)18-11-24-20-8-7-16(30-4)14-28(18)20/h7-8,10-12,14-15H,5-6,9,13H2,1-4H3,(H,25,26). The maximum atomic E-state index is 12.4. The highest BCUT2D eigenvalue weighted by molar-refractivity contribution is 5.68. The molecule has 0 aromatic carbocycles. The summed E-state index contributed by atoms with van der Waals surface area (Å²) in [5, 5.41) is 3.42. The molecule has 164 valence electrons. The molecule has 4 rings (SSSR count). The zero-order valence-corrected chi connectivity index (χ0v) is 18.3. The Bertz CT molecular complexity index is 1070. The van der Waals surface area contributed by atoms with E-state index in [0.29, 0.717) is 24.6 Å². The number of methoxy groups -OCH3 is 1. The van der Waals surface area contributed by atoms with Gasteiger partial charge in [-0.25, -0.2) is 14.8 Å². The average molecular weight is 425 g/mol. The van der Waals surface area contributed by atoms with Crippen molar-refractivity contribution in [3.8, 4) is 17.1 Å². The smallest absolute Gasteiger partial charge is 0.410 e. The van der Waals surface area contributed by atoms with Gasteiger partial charge in [-0.05, 0) is 45.7 Å². The summed E-state index contributed by atoms with van der Waals surface area (Å²) in [6.07, 6.45) is 8.61. The van der Waals surface area contributed by atoms with Gasteiger partial charge in [0.05, 0.1) is 37.6 Å². The van der Waals surface area contributed by atoms with Crippen LogP contribution in [0.4, 0.5) is 10.6 Å². The second-order valence-corrected chi connectivity index (χ2v) is 8.64. The summed E-state index contributed by atoms with van der Waals surface area (Å²) in [5.41, 5.74) is 1.82. The molecular formula is C22H28N6O3. The Morgan fingerprint density at radius 1 is 1.23 bits per heavy atom. The first-order valence-electron chi connectivity index (χ1n) is 10.4. The molecule has 3 aromatic rings. The van der Waals surface area contributed by atoms with Crippen molar-refractivity contribution in [3.05, 3.63) is 36.9 Å². The van der Waals surface area contributed by atoms with Crippen LogP contribution in [0.3, 0.4) is 0 Å². The Labute approximate surface area is 181 Å². The second kappa shape index (κ2) is 8.41. The number of carbonyl (C=O) groups excluding carboxylic acids is 1. The van der Waals surface area contributed by atoms with E-state index in [1.807, 2.05) is 43.5 Å². The van der Waals surface area contributed by atoms with Crippen molar-refractivity contribution < 1.29 is 14.3 Å². The monoisotopic (exact) mass is 424 g/mol. The molecule has 1 fully saturated rings. The second-order valence-electron chi connectivity index (χ2n) is 8.64. The maximum absolute atomic E-state index is 12.4. The number of likely N-dealkylation sites (tertiary alicyclic amines) is 1. The Balaban J connectivity index is 1.50. The number of fused-ring (bicyclic) bond motifs is 1. The minimum absolute atomic E-state index is 0.0769. The molecule has 1 saturated heterocycles. The van der Waals surface area contributed by atoms with Crippen LogP contribution < -0.4 is 10.1 Å². The molecule has 31 heavy (non-hydrogen) atoms. The van der Waals surface area contributed by atoms with Crippen LogP contribution in [0, 0.1) is 0 Å². The Morgan fingerprint density at radius 2 is 2.06 bits per heavy atom. The molecule has 0 bridgehead atoms. The average Bonchev–Trinajstić information content (AvgIpc) is 3.16. The first kappa shape index (κ1) is 20.9. The van der Waals surface area contributed by atoms with Gasteiger partial charge in [0, 0.05) is 19.1 Å². The predicted octanol–water partition coefficient (Wildman–Crippen LogP) is 3.61. The number of nitrogens with one attached hydrogen (secondary N) is 1. The zero-order valence-electron chi connectivity index (χ0n) is 18.3. The van der Waals surface area contributed by atoms with Crippen molar-refractivity contribution in [1.29, 1.82) is 0 Å². The topological polar surface area (TPSA) is 93.9 Å². The van der Waals surface area contributed by atoms with Gasteiger partial charge in [0.2, 0.25) is 0 Å². The summed E-state index contributed by atoms with van der Waals surface area (Å²) in [5.74, 6) is 1.39. The van der Waals surface area contributed by atoms with E-state index < -0.39 is 5.60 Å². The molecular weight excluding hydrogens is 396 g/mol. The lowest BCUT2D eigenvalue weighted by Gasteiger charge is -2.34. The van der Waals surface area contributed by atoms with Gasteiger partial charge in [-0.15, -0.1) is 0 Å². The van der Waals surface area contributed by atoms with Gasteiger partial charge in [0.25, 0.3) is 0 Å². The molecule has 1 aliphatic heterocycles. The third-order valence-electron chi connectivity index (χ3n) is 5.04. The highest BCUT2D eigenvalue weighted by Gasteiger charge is 2.27. The van der Waals surface area contributed by atoms with E-state index in [9.17, 15) is 4.79 Å². The molecule has 4 heterocycles. The first-order valence-corrected chi connectivity index (χ1v) is 10.4. The number of anilines is 1. The van der Waals surface area contributed by atoms with Gasteiger partial charge in [-0.3, -0.25) is 9.38 Å². The molecule has 1 aliphatic rings. The summed E-state index contributed by atoms with van der Waals surface area (Å²) in [6.45, 7) is 6.89. The highest BCUT2D eigenvalue weighted by Crippen LogP contribution is 2.23. The van der Waals surface area contributed by atoms with Crippen molar-refractivity contribution in [1.82, 2.24) is 24.3 Å². The molecule has 3 aromatic heterocycles. The summed E-state index contributed by atoms with van der Waals surface area (Å²) < 4.78 is 12.8. The van der Waals surface area contributed by atoms with Crippen molar-refractivity contribution in [2.45, 2.75) is 45.3 Å². The number of nitrogens with zero attached hydrogens (tertiary/aromatic N) is 5. The Morgan fingerprint density at radius 3 is 2.84 bits per heavy atom. The van der Waals surface area contributed by atoms with Gasteiger partial charge in [0.1, 0.15) is 28.5 Å². The third-order valence-corrected chi connectivity index (χ3v) is 5.04. The van der Waals surface area contributed by atoms with Gasteiger partial charge in [-0.1, -0.05) is 0 Å². The van der Waals surface area contributed by atoms with Crippen molar-refractivity contribution in [2.24, 2.45) is 0 Å². The molecule has 0 saturated carbocycles. The van der Waals surface area contributed by atoms with E-state index in [1.165, 1.54) is 0 Å². The van der Waals surface area contributed by atoms with Crippen molar-refractivity contribution in [2.75, 3.05) is 25.5 Å². The van der Waals surface area contributed by atoms with Crippen LogP contribution in [0.15, 0.2) is 36.9 Å². The molecule has 9 heteroatoms. The normalized spacial score (nSPS) is 16.9. The van der Waals surface area contributed by atoms with E-state index in [4.69, 9.17) is 14.5 Å². The fourth-order valence-corrected chi connectivity index (χ4v) is 3.63. The zero-order chi connectivity index (χ0) is 22.0. The lowest BCUT2D eigenvalue weighted by molar-refractivity contribution is 0.0206. The molecule has 1 unspecified atom stereocenters. The molecule has 1 amide bonds. The number of aromatic nitrogens is 4. The number of piperidine rings is 1. The number of imidazole rings is 1. The Hall–Kier alpha value is -3.36. The number of ether oxygens (including phenoxy) is 2. The lowest BCUT2D eigenvalue weighted by Crippen LogP contribution is -2.47. The van der Waals surface area contributed by atoms with Crippen LogP contribution >= 0.6 is 0 Å². The summed E-state index contributed by atoms with van der Waals surface area (Å²) in [4.78, 5) is 27.7. The minimum atomic E-state index is -0.506. The highest BCUT2D eigenvalue weighted by atomic mass is 16.6. The van der Waals surface area contributed by atoms with Crippen LogP contribution in [0.5, 0.6) is 5.75 Å². The maximum Gasteiger partial charge on any atom is 0.410 e. The minimum Gasteiger partial charge on any atom is -0.495 e. The van der Waals surface area contributed by atoms with Gasteiger partial charge in [0.15, 0.2) is 0 Å². The Kier molecular flexibility index (Phi) is 5.67. The number of pyridine rings is 1. The summed E-state index contributed by atoms with van der Waals surface area (Å²) >= 11 is 0. The number of amides is 1. The van der Waals surface area contributed by atoms with E-state index in [0.717, 1.165) is 29.9 Å². The van der Waals surface area contributed by atoms with E-state index in [-0.39, 0.29) is 12.1 Å². The number of hydrogen-bond donors (Lipinski definition) is 1. The van der Waals surface area contributed by atoms with E-state index in [2.05, 4.69) is 15.3 Å². The largest absolute Gasteiger partial charge is 0.495 e. The molecule has 0 aliphatic carbocycles. The van der Waals surface area contributed by atoms with Crippen LogP contribution in [0.2, 0.25) is 0 Å². The number of rotatable bonds is 4. The van der Waals surface area contributed by atoms with Crippen LogP contribution in [0.25, 0.3) is 17.0 Å². The number of carbonyl (C=O) groups is 1. The fourth-order valence-electron chi connectivity index (χ4n) is 3.63. The van der Waals surface area contributed by atoms with Crippen LogP contribution in [-0.4, -0.2) is 62.2 Å². The quantitative estimate of drug-likeness (QED) is 0.684. The molecule has 0 radical (unpaired) electrons. The third kappa shape index (κ3) is 4.87. The van der Waals surface area contributed by atoms with Crippen LogP contribution in [-0.2, 0) is 4.74 Å². The summed E-state index contributed by atoms with van der Waals surface area (Å²) in [7, 11) is 1.63. The predicted molar refractivity (Wildman–Crippen MR) is 117 cm³/mol. The van der Waals surface area contributed by atoms with Gasteiger partial charge >= 0.3 is 6.09 Å². The molecule has 0 spiro atoms. The van der Waals surface area contributed by atoms with E-state index in [1.54, 1.807) is 30.6 Å². The lowest BCUT2D eigenvalue weighted by atomic mass is 10.1. The first-order chi connectivity index (χ1) is 14.8. The van der Waals surface area contributed by atoms with Crippen molar-refractivity contribution in [3.63, 3.8) is 0 Å². The van der Waals surface area contributed by atoms with Crippen LogP contribution in [0.1, 0.15) is 33.6 Å². The van der Waals surface area contributed by atoms with Gasteiger partial charge < -0.3 is 19.7 Å². The van der Waals surface area contributed by atoms with Gasteiger partial charge in [-0.2, -0.15) is 0 Å². The fraction of sp³-hybridized carbons (Fsp3) is 0.455.